The van der Waals surface area contributed by atoms with Crippen LogP contribution >= 0.6 is 0 Å². The third kappa shape index (κ3) is 3.75. The lowest BCUT2D eigenvalue weighted by Crippen LogP contribution is -3.28. The smallest absolute Gasteiger partial charge is 0.269 e. The van der Waals surface area contributed by atoms with E-state index in [1.165, 1.54) is 18.0 Å². The van der Waals surface area contributed by atoms with E-state index < -0.39 is 0 Å². The van der Waals surface area contributed by atoms with E-state index in [1.807, 2.05) is 6.07 Å². The maximum Gasteiger partial charge on any atom is 0.269 e. The van der Waals surface area contributed by atoms with Gasteiger partial charge in [-0.3, -0.25) is 10.1 Å². The number of nitrogens with one attached hydrogen (secondary N) is 2. The van der Waals surface area contributed by atoms with Crippen molar-refractivity contribution >= 4 is 5.69 Å². The minimum Gasteiger partial charge on any atom is -0.324 e. The normalized spacial score (nSPS) is 23.5. The molecule has 0 amide bonds. The second-order valence-corrected chi connectivity index (χ2v) is 5.67. The average Bonchev–Trinajstić information content (AvgIpc) is 2.39. The maximum atomic E-state index is 10.8. The van der Waals surface area contributed by atoms with Crippen LogP contribution in [0.25, 0.3) is 0 Å². The van der Waals surface area contributed by atoms with Gasteiger partial charge in [-0.05, 0) is 13.8 Å². The molecule has 0 aliphatic carbocycles. The molecule has 0 saturated carbocycles. The predicted octanol–water partition coefficient (Wildman–Crippen LogP) is -0.713. The molecule has 1 heterocycles. The fourth-order valence-corrected chi connectivity index (χ4v) is 2.75. The fourth-order valence-electron chi connectivity index (χ4n) is 2.75. The van der Waals surface area contributed by atoms with Crippen molar-refractivity contribution in [2.75, 3.05) is 26.2 Å². The van der Waals surface area contributed by atoms with Gasteiger partial charge in [0.05, 0.1) is 11.0 Å². The molecule has 0 radical (unpaired) electrons. The number of rotatable bonds is 4. The Morgan fingerprint density at radius 2 is 1.95 bits per heavy atom. The lowest BCUT2D eigenvalue weighted by Gasteiger charge is -2.31. The van der Waals surface area contributed by atoms with E-state index in [-0.39, 0.29) is 10.6 Å². The average molecular weight is 265 g/mol. The molecule has 1 aliphatic heterocycles. The molecule has 2 N–H and O–H groups in total. The Kier molecular flexibility index (Phi) is 4.50. The molecule has 1 aromatic rings. The quantitative estimate of drug-likeness (QED) is 0.558. The van der Waals surface area contributed by atoms with E-state index in [9.17, 15) is 10.1 Å². The molecule has 0 unspecified atom stereocenters. The summed E-state index contributed by atoms with van der Waals surface area (Å²) in [5, 5.41) is 10.8. The Hall–Kier alpha value is -1.46. The molecule has 1 saturated heterocycles. The van der Waals surface area contributed by atoms with Crippen LogP contribution in [0.2, 0.25) is 0 Å². The number of hydrogen-bond acceptors (Lipinski definition) is 2. The highest BCUT2D eigenvalue weighted by Gasteiger charge is 2.24. The van der Waals surface area contributed by atoms with Gasteiger partial charge in [0.25, 0.3) is 5.69 Å². The van der Waals surface area contributed by atoms with Crippen LogP contribution in [-0.4, -0.2) is 37.1 Å². The Balaban J connectivity index is 1.92. The molecule has 0 atom stereocenters. The standard InChI is InChI=1S/C14H21N3O2/c1-12(2)16-8-6-15(7-9-16)11-13-4-3-5-14(10-13)17(18)19/h3-5,10,12H,6-9,11H2,1-2H3/p+2. The zero-order valence-electron chi connectivity index (χ0n) is 11.7. The molecule has 0 spiro atoms. The first kappa shape index (κ1) is 14.0. The van der Waals surface area contributed by atoms with Crippen LogP contribution in [0.3, 0.4) is 0 Å². The third-order valence-corrected chi connectivity index (χ3v) is 3.99. The minimum atomic E-state index is -0.320. The van der Waals surface area contributed by atoms with Crippen molar-refractivity contribution in [2.45, 2.75) is 26.4 Å². The van der Waals surface area contributed by atoms with Gasteiger partial charge in [-0.15, -0.1) is 0 Å². The first-order chi connectivity index (χ1) is 9.06. The van der Waals surface area contributed by atoms with Gasteiger partial charge < -0.3 is 9.80 Å². The molecule has 1 fully saturated rings. The molecule has 19 heavy (non-hydrogen) atoms. The predicted molar refractivity (Wildman–Crippen MR) is 73.3 cm³/mol. The van der Waals surface area contributed by atoms with Crippen LogP contribution in [0.4, 0.5) is 5.69 Å². The number of nitrogens with zero attached hydrogens (tertiary/aromatic N) is 1. The number of nitro groups is 1. The third-order valence-electron chi connectivity index (χ3n) is 3.99. The maximum absolute atomic E-state index is 10.8. The van der Waals surface area contributed by atoms with Crippen LogP contribution in [-0.2, 0) is 6.54 Å². The molecule has 0 bridgehead atoms. The summed E-state index contributed by atoms with van der Waals surface area (Å²) in [6, 6.07) is 7.72. The van der Waals surface area contributed by atoms with Gasteiger partial charge in [-0.1, -0.05) is 12.1 Å². The van der Waals surface area contributed by atoms with Gasteiger partial charge >= 0.3 is 0 Å². The molecular formula is C14H23N3O2+2. The lowest BCUT2D eigenvalue weighted by atomic mass is 10.1. The summed E-state index contributed by atoms with van der Waals surface area (Å²) in [4.78, 5) is 13.6. The van der Waals surface area contributed by atoms with Crippen LogP contribution < -0.4 is 9.80 Å². The monoisotopic (exact) mass is 265 g/mol. The van der Waals surface area contributed by atoms with E-state index >= 15 is 0 Å². The topological polar surface area (TPSA) is 52.0 Å². The van der Waals surface area contributed by atoms with Gasteiger partial charge in [0, 0.05) is 17.7 Å². The van der Waals surface area contributed by atoms with E-state index in [4.69, 9.17) is 0 Å². The number of piperazine rings is 1. The summed E-state index contributed by atoms with van der Waals surface area (Å²) >= 11 is 0. The van der Waals surface area contributed by atoms with Gasteiger partial charge in [-0.2, -0.15) is 0 Å². The Morgan fingerprint density at radius 3 is 2.53 bits per heavy atom. The van der Waals surface area contributed by atoms with E-state index in [1.54, 1.807) is 23.1 Å². The molecule has 0 aromatic heterocycles. The highest BCUT2D eigenvalue weighted by Crippen LogP contribution is 2.12. The molecule has 104 valence electrons. The summed E-state index contributed by atoms with van der Waals surface area (Å²) in [7, 11) is 0. The number of non-ortho nitro benzene ring substituents is 1. The van der Waals surface area contributed by atoms with Crippen LogP contribution in [0, 0.1) is 10.1 Å². The van der Waals surface area contributed by atoms with E-state index in [0.717, 1.165) is 25.2 Å². The largest absolute Gasteiger partial charge is 0.324 e. The van der Waals surface area contributed by atoms with Crippen molar-refractivity contribution in [3.63, 3.8) is 0 Å². The minimum absolute atomic E-state index is 0.198. The van der Waals surface area contributed by atoms with Crippen LogP contribution in [0.1, 0.15) is 19.4 Å². The summed E-state index contributed by atoms with van der Waals surface area (Å²) < 4.78 is 0. The lowest BCUT2D eigenvalue weighted by molar-refractivity contribution is -1.03. The zero-order chi connectivity index (χ0) is 13.8. The van der Waals surface area contributed by atoms with E-state index in [2.05, 4.69) is 13.8 Å². The van der Waals surface area contributed by atoms with Crippen molar-refractivity contribution in [2.24, 2.45) is 0 Å². The second kappa shape index (κ2) is 6.12. The van der Waals surface area contributed by atoms with Crippen LogP contribution in [0.15, 0.2) is 24.3 Å². The first-order valence-electron chi connectivity index (χ1n) is 6.97. The zero-order valence-corrected chi connectivity index (χ0v) is 11.7. The SMILES string of the molecule is CC(C)[NH+]1CC[NH+](Cc2cccc([N+](=O)[O-])c2)CC1. The Morgan fingerprint density at radius 1 is 1.26 bits per heavy atom. The molecular weight excluding hydrogens is 242 g/mol. The number of hydrogen-bond donors (Lipinski definition) is 2. The van der Waals surface area contributed by atoms with Crippen molar-refractivity contribution in [1.29, 1.82) is 0 Å². The van der Waals surface area contributed by atoms with Gasteiger partial charge in [0.2, 0.25) is 0 Å². The molecule has 5 nitrogen and oxygen atoms in total. The van der Waals surface area contributed by atoms with Crippen LogP contribution in [0.5, 0.6) is 0 Å². The number of quaternary nitrogens is 2. The highest BCUT2D eigenvalue weighted by molar-refractivity contribution is 5.33. The van der Waals surface area contributed by atoms with E-state index in [0.29, 0.717) is 6.04 Å². The van der Waals surface area contributed by atoms with Gasteiger partial charge in [0.15, 0.2) is 0 Å². The molecule has 5 heteroatoms. The highest BCUT2D eigenvalue weighted by atomic mass is 16.6. The van der Waals surface area contributed by atoms with Crippen molar-refractivity contribution in [3.05, 3.63) is 39.9 Å². The summed E-state index contributed by atoms with van der Waals surface area (Å²) in [5.74, 6) is 0. The summed E-state index contributed by atoms with van der Waals surface area (Å²) in [6.07, 6.45) is 0. The molecule has 1 aliphatic rings. The summed E-state index contributed by atoms with van der Waals surface area (Å²) in [6.45, 7) is 10.1. The second-order valence-electron chi connectivity index (χ2n) is 5.67. The van der Waals surface area contributed by atoms with Crippen molar-refractivity contribution in [1.82, 2.24) is 0 Å². The fraction of sp³-hybridized carbons (Fsp3) is 0.571. The van der Waals surface area contributed by atoms with Gasteiger partial charge in [-0.25, -0.2) is 0 Å². The first-order valence-corrected chi connectivity index (χ1v) is 6.97. The molecule has 1 aromatic carbocycles. The summed E-state index contributed by atoms with van der Waals surface area (Å²) in [5.41, 5.74) is 1.26. The molecule has 2 rings (SSSR count). The number of nitro benzene ring substituents is 1. The number of benzene rings is 1. The van der Waals surface area contributed by atoms with Gasteiger partial charge in [0.1, 0.15) is 32.7 Å². The Labute approximate surface area is 114 Å². The van der Waals surface area contributed by atoms with Crippen molar-refractivity contribution < 1.29 is 14.7 Å². The van der Waals surface area contributed by atoms with Crippen molar-refractivity contribution in [3.8, 4) is 0 Å². The Bertz CT molecular complexity index is 440.